The molecule has 1 saturated carbocycles. The molecule has 4 N–H and O–H groups in total. The second-order valence-corrected chi connectivity index (χ2v) is 5.04. The molecular weight excluding hydrogens is 208 g/mol. The Morgan fingerprint density at radius 2 is 2.00 bits per heavy atom. The maximum Gasteiger partial charge on any atom is 0.163 e. The van der Waals surface area contributed by atoms with Gasteiger partial charge in [0, 0.05) is 19.5 Å². The fraction of sp³-hybridized carbons (Fsp3) is 1.00. The molecule has 1 saturated heterocycles. The number of rotatable bonds is 3. The summed E-state index contributed by atoms with van der Waals surface area (Å²) in [6, 6.07) is 0. The third kappa shape index (κ3) is 2.55. The van der Waals surface area contributed by atoms with E-state index in [-0.39, 0.29) is 18.4 Å². The maximum absolute atomic E-state index is 9.66. The van der Waals surface area contributed by atoms with Crippen molar-refractivity contribution in [3.63, 3.8) is 0 Å². The van der Waals surface area contributed by atoms with Crippen molar-refractivity contribution < 1.29 is 14.9 Å². The molecule has 1 aliphatic carbocycles. The Kier molecular flexibility index (Phi) is 3.81. The van der Waals surface area contributed by atoms with E-state index in [1.807, 2.05) is 6.92 Å². The molecule has 1 aliphatic heterocycles. The molecule has 0 aromatic heterocycles. The fourth-order valence-corrected chi connectivity index (χ4v) is 2.43. The molecule has 16 heavy (non-hydrogen) atoms. The number of hydrogen-bond acceptors (Lipinski definition) is 5. The molecule has 0 aromatic carbocycles. The van der Waals surface area contributed by atoms with E-state index in [1.54, 1.807) is 0 Å². The molecule has 0 radical (unpaired) electrons. The van der Waals surface area contributed by atoms with Gasteiger partial charge >= 0.3 is 0 Å². The van der Waals surface area contributed by atoms with Gasteiger partial charge in [-0.25, -0.2) is 0 Å². The molecule has 5 nitrogen and oxygen atoms in total. The van der Waals surface area contributed by atoms with Crippen molar-refractivity contribution in [1.29, 1.82) is 0 Å². The third-order valence-electron chi connectivity index (χ3n) is 3.70. The SMILES string of the molecule is CC1C[C@H](OC(N)N2CCC2)CC(O)[C@@H]1O. The lowest BCUT2D eigenvalue weighted by Crippen LogP contribution is -2.54. The van der Waals surface area contributed by atoms with Crippen LogP contribution < -0.4 is 5.73 Å². The van der Waals surface area contributed by atoms with E-state index >= 15 is 0 Å². The van der Waals surface area contributed by atoms with Gasteiger partial charge in [-0.3, -0.25) is 10.6 Å². The Labute approximate surface area is 96.2 Å². The summed E-state index contributed by atoms with van der Waals surface area (Å²) in [5.74, 6) is 0.0670. The Morgan fingerprint density at radius 3 is 2.50 bits per heavy atom. The monoisotopic (exact) mass is 230 g/mol. The lowest BCUT2D eigenvalue weighted by Gasteiger charge is -2.40. The van der Waals surface area contributed by atoms with E-state index in [2.05, 4.69) is 4.90 Å². The quantitative estimate of drug-likeness (QED) is 0.568. The van der Waals surface area contributed by atoms with Crippen molar-refractivity contribution in [3.05, 3.63) is 0 Å². The molecule has 2 fully saturated rings. The number of hydrogen-bond donors (Lipinski definition) is 3. The predicted octanol–water partition coefficient (Wildman–Crippen LogP) is -0.529. The standard InChI is InChI=1S/C11H22N2O3/c1-7-5-8(6-9(14)10(7)15)16-11(12)13-3-2-4-13/h7-11,14-15H,2-6,12H2,1H3/t7?,8-,9?,10+,11?/m0/s1. The number of likely N-dealkylation sites (tertiary alicyclic amines) is 1. The van der Waals surface area contributed by atoms with Gasteiger partial charge in [-0.2, -0.15) is 0 Å². The van der Waals surface area contributed by atoms with Gasteiger partial charge in [-0.1, -0.05) is 6.92 Å². The van der Waals surface area contributed by atoms with Gasteiger partial charge in [-0.15, -0.1) is 0 Å². The number of aliphatic hydroxyl groups is 2. The van der Waals surface area contributed by atoms with Crippen LogP contribution in [0.3, 0.4) is 0 Å². The first-order valence-electron chi connectivity index (χ1n) is 6.09. The normalized spacial score (nSPS) is 42.8. The van der Waals surface area contributed by atoms with Crippen molar-refractivity contribution >= 4 is 0 Å². The molecule has 2 rings (SSSR count). The van der Waals surface area contributed by atoms with Gasteiger partial charge in [0.25, 0.3) is 0 Å². The molecule has 2 aliphatic rings. The highest BCUT2D eigenvalue weighted by atomic mass is 16.5. The topological polar surface area (TPSA) is 79.0 Å². The fourth-order valence-electron chi connectivity index (χ4n) is 2.43. The van der Waals surface area contributed by atoms with Crippen LogP contribution in [0.4, 0.5) is 0 Å². The molecule has 5 atom stereocenters. The molecule has 94 valence electrons. The molecular formula is C11H22N2O3. The minimum Gasteiger partial charge on any atom is -0.390 e. The van der Waals surface area contributed by atoms with Gasteiger partial charge in [-0.05, 0) is 18.8 Å². The molecule has 5 heteroatoms. The highest BCUT2D eigenvalue weighted by Gasteiger charge is 2.35. The van der Waals surface area contributed by atoms with Crippen LogP contribution in [0.1, 0.15) is 26.2 Å². The van der Waals surface area contributed by atoms with Crippen molar-refractivity contribution in [3.8, 4) is 0 Å². The Morgan fingerprint density at radius 1 is 1.31 bits per heavy atom. The summed E-state index contributed by atoms with van der Waals surface area (Å²) in [5, 5.41) is 19.3. The van der Waals surface area contributed by atoms with E-state index < -0.39 is 12.2 Å². The van der Waals surface area contributed by atoms with E-state index in [1.165, 1.54) is 6.42 Å². The smallest absolute Gasteiger partial charge is 0.163 e. The van der Waals surface area contributed by atoms with Crippen LogP contribution in [0.25, 0.3) is 0 Å². The van der Waals surface area contributed by atoms with Crippen molar-refractivity contribution in [1.82, 2.24) is 4.90 Å². The molecule has 0 spiro atoms. The van der Waals surface area contributed by atoms with E-state index in [4.69, 9.17) is 10.5 Å². The molecule has 1 heterocycles. The Hall–Kier alpha value is -0.200. The lowest BCUT2D eigenvalue weighted by molar-refractivity contribution is -0.160. The zero-order chi connectivity index (χ0) is 11.7. The number of nitrogens with zero attached hydrogens (tertiary/aromatic N) is 1. The Bertz CT molecular complexity index is 223. The molecule has 0 aromatic rings. The van der Waals surface area contributed by atoms with Gasteiger partial charge < -0.3 is 14.9 Å². The summed E-state index contributed by atoms with van der Waals surface area (Å²) >= 11 is 0. The average Bonchev–Trinajstić information content (AvgIpc) is 2.10. The van der Waals surface area contributed by atoms with E-state index in [9.17, 15) is 10.2 Å². The van der Waals surface area contributed by atoms with Gasteiger partial charge in [0.1, 0.15) is 0 Å². The first kappa shape index (κ1) is 12.3. The number of nitrogens with two attached hydrogens (primary N) is 1. The van der Waals surface area contributed by atoms with Crippen molar-refractivity contribution in [2.24, 2.45) is 11.7 Å². The molecule has 3 unspecified atom stereocenters. The van der Waals surface area contributed by atoms with E-state index in [0.29, 0.717) is 6.42 Å². The van der Waals surface area contributed by atoms with Crippen LogP contribution in [0, 0.1) is 5.92 Å². The summed E-state index contributed by atoms with van der Waals surface area (Å²) in [5.41, 5.74) is 5.89. The van der Waals surface area contributed by atoms with Crippen LogP contribution in [-0.2, 0) is 4.74 Å². The highest BCUT2D eigenvalue weighted by molar-refractivity contribution is 4.85. The van der Waals surface area contributed by atoms with Crippen molar-refractivity contribution in [2.45, 2.75) is 50.8 Å². The summed E-state index contributed by atoms with van der Waals surface area (Å²) in [6.07, 6.45) is 0.724. The molecule has 0 bridgehead atoms. The van der Waals surface area contributed by atoms with Gasteiger partial charge in [0.15, 0.2) is 6.35 Å². The number of aliphatic hydroxyl groups excluding tert-OH is 2. The Balaban J connectivity index is 1.81. The highest BCUT2D eigenvalue weighted by Crippen LogP contribution is 2.27. The third-order valence-corrected chi connectivity index (χ3v) is 3.70. The lowest BCUT2D eigenvalue weighted by atomic mass is 9.84. The van der Waals surface area contributed by atoms with Crippen LogP contribution in [0.15, 0.2) is 0 Å². The zero-order valence-electron chi connectivity index (χ0n) is 9.75. The van der Waals surface area contributed by atoms with Crippen LogP contribution in [0.2, 0.25) is 0 Å². The van der Waals surface area contributed by atoms with E-state index in [0.717, 1.165) is 19.5 Å². The first-order valence-corrected chi connectivity index (χ1v) is 6.09. The van der Waals surface area contributed by atoms with Crippen molar-refractivity contribution in [2.75, 3.05) is 13.1 Å². The largest absolute Gasteiger partial charge is 0.390 e. The summed E-state index contributed by atoms with van der Waals surface area (Å²) in [6.45, 7) is 3.92. The van der Waals surface area contributed by atoms with Crippen LogP contribution >= 0.6 is 0 Å². The minimum atomic E-state index is -0.683. The van der Waals surface area contributed by atoms with Gasteiger partial charge in [0.2, 0.25) is 0 Å². The molecule has 0 amide bonds. The predicted molar refractivity (Wildman–Crippen MR) is 59.5 cm³/mol. The first-order chi connectivity index (χ1) is 7.58. The minimum absolute atomic E-state index is 0.0380. The second kappa shape index (κ2) is 4.98. The average molecular weight is 230 g/mol. The summed E-state index contributed by atoms with van der Waals surface area (Å²) in [4.78, 5) is 2.07. The maximum atomic E-state index is 9.66. The zero-order valence-corrected chi connectivity index (χ0v) is 9.75. The van der Waals surface area contributed by atoms with Crippen LogP contribution in [-0.4, -0.2) is 52.9 Å². The summed E-state index contributed by atoms with van der Waals surface area (Å²) < 4.78 is 5.72. The van der Waals surface area contributed by atoms with Gasteiger partial charge in [0.05, 0.1) is 18.3 Å². The van der Waals surface area contributed by atoms with Crippen LogP contribution in [0.5, 0.6) is 0 Å². The second-order valence-electron chi connectivity index (χ2n) is 5.04. The number of ether oxygens (including phenoxy) is 1. The summed E-state index contributed by atoms with van der Waals surface area (Å²) in [7, 11) is 0.